The van der Waals surface area contributed by atoms with Gasteiger partial charge in [0.25, 0.3) is 5.91 Å². The third-order valence-corrected chi connectivity index (χ3v) is 2.55. The van der Waals surface area contributed by atoms with E-state index >= 15 is 0 Å². The van der Waals surface area contributed by atoms with Gasteiger partial charge in [0, 0.05) is 30.0 Å². The minimum absolute atomic E-state index is 0.0349. The van der Waals surface area contributed by atoms with Gasteiger partial charge < -0.3 is 15.4 Å². The van der Waals surface area contributed by atoms with E-state index in [2.05, 4.69) is 10.3 Å². The second kappa shape index (κ2) is 6.20. The number of aromatic nitrogens is 1. The van der Waals surface area contributed by atoms with E-state index in [-0.39, 0.29) is 24.1 Å². The molecule has 0 saturated carbocycles. The van der Waals surface area contributed by atoms with Gasteiger partial charge >= 0.3 is 0 Å². The van der Waals surface area contributed by atoms with Crippen molar-refractivity contribution in [2.45, 2.75) is 32.7 Å². The fraction of sp³-hybridized carbons (Fsp3) is 0.500. The quantitative estimate of drug-likeness (QED) is 0.701. The molecule has 1 amide bonds. The Labute approximate surface area is 99.9 Å². The van der Waals surface area contributed by atoms with Gasteiger partial charge in [-0.15, -0.1) is 0 Å². The Kier molecular flexibility index (Phi) is 4.90. The zero-order valence-electron chi connectivity index (χ0n) is 10.1. The lowest BCUT2D eigenvalue weighted by Crippen LogP contribution is -2.35. The fourth-order valence-electron chi connectivity index (χ4n) is 1.62. The molecule has 0 aromatic carbocycles. The van der Waals surface area contributed by atoms with Crippen LogP contribution in [0.5, 0.6) is 0 Å². The summed E-state index contributed by atoms with van der Waals surface area (Å²) in [5.74, 6) is -0.278. The average Bonchev–Trinajstić information content (AvgIpc) is 2.27. The molecule has 0 fully saturated rings. The molecule has 0 spiro atoms. The van der Waals surface area contributed by atoms with Crippen LogP contribution in [0.15, 0.2) is 16.9 Å². The van der Waals surface area contributed by atoms with Crippen molar-refractivity contribution in [2.75, 3.05) is 6.61 Å². The van der Waals surface area contributed by atoms with Crippen LogP contribution in [0, 0.1) is 6.92 Å². The van der Waals surface area contributed by atoms with Crippen LogP contribution in [-0.4, -0.2) is 28.6 Å². The molecule has 5 nitrogen and oxygen atoms in total. The summed E-state index contributed by atoms with van der Waals surface area (Å²) < 4.78 is 0. The van der Waals surface area contributed by atoms with Crippen molar-refractivity contribution in [1.82, 2.24) is 10.3 Å². The Morgan fingerprint density at radius 1 is 1.53 bits per heavy atom. The second-order valence-corrected chi connectivity index (χ2v) is 4.01. The SMILES string of the molecule is CCC(CCO)NC(=O)c1cc(C)[nH]c(=O)c1. The molecule has 0 bridgehead atoms. The van der Waals surface area contributed by atoms with Crippen molar-refractivity contribution in [3.63, 3.8) is 0 Å². The van der Waals surface area contributed by atoms with Gasteiger partial charge in [-0.2, -0.15) is 0 Å². The number of rotatable bonds is 5. The predicted octanol–water partition coefficient (Wildman–Crippen LogP) is 0.574. The maximum Gasteiger partial charge on any atom is 0.251 e. The third-order valence-electron chi connectivity index (χ3n) is 2.55. The third kappa shape index (κ3) is 4.03. The van der Waals surface area contributed by atoms with Crippen LogP contribution in [0.3, 0.4) is 0 Å². The maximum atomic E-state index is 11.8. The number of amides is 1. The van der Waals surface area contributed by atoms with Crippen LogP contribution in [0.2, 0.25) is 0 Å². The summed E-state index contributed by atoms with van der Waals surface area (Å²) >= 11 is 0. The number of hydrogen-bond acceptors (Lipinski definition) is 3. The highest BCUT2D eigenvalue weighted by atomic mass is 16.3. The summed E-state index contributed by atoms with van der Waals surface area (Å²) in [5, 5.41) is 11.6. The van der Waals surface area contributed by atoms with E-state index < -0.39 is 0 Å². The van der Waals surface area contributed by atoms with Crippen LogP contribution in [0.25, 0.3) is 0 Å². The molecule has 0 saturated heterocycles. The largest absolute Gasteiger partial charge is 0.396 e. The summed E-state index contributed by atoms with van der Waals surface area (Å²) in [4.78, 5) is 25.7. The molecule has 1 atom stereocenters. The zero-order valence-corrected chi connectivity index (χ0v) is 10.1. The molecule has 0 aliphatic carbocycles. The highest BCUT2D eigenvalue weighted by Gasteiger charge is 2.12. The first-order chi connectivity index (χ1) is 8.06. The van der Waals surface area contributed by atoms with Crippen molar-refractivity contribution in [2.24, 2.45) is 0 Å². The molecule has 3 N–H and O–H groups in total. The number of aromatic amines is 1. The smallest absolute Gasteiger partial charge is 0.251 e. The number of hydrogen-bond donors (Lipinski definition) is 3. The summed E-state index contributed by atoms with van der Waals surface area (Å²) in [7, 11) is 0. The molecule has 0 aliphatic rings. The molecule has 17 heavy (non-hydrogen) atoms. The van der Waals surface area contributed by atoms with Gasteiger partial charge in [-0.3, -0.25) is 9.59 Å². The van der Waals surface area contributed by atoms with Gasteiger partial charge in [-0.1, -0.05) is 6.92 Å². The fourth-order valence-corrected chi connectivity index (χ4v) is 1.62. The van der Waals surface area contributed by atoms with Crippen molar-refractivity contribution in [1.29, 1.82) is 0 Å². The van der Waals surface area contributed by atoms with E-state index in [0.29, 0.717) is 17.7 Å². The zero-order chi connectivity index (χ0) is 12.8. The Morgan fingerprint density at radius 3 is 2.76 bits per heavy atom. The van der Waals surface area contributed by atoms with Gasteiger partial charge in [0.15, 0.2) is 0 Å². The number of pyridine rings is 1. The summed E-state index contributed by atoms with van der Waals surface area (Å²) in [5.41, 5.74) is 0.714. The first-order valence-corrected chi connectivity index (χ1v) is 5.69. The number of carbonyl (C=O) groups excluding carboxylic acids is 1. The minimum Gasteiger partial charge on any atom is -0.396 e. The van der Waals surface area contributed by atoms with Crippen LogP contribution < -0.4 is 10.9 Å². The van der Waals surface area contributed by atoms with Gasteiger partial charge in [0.05, 0.1) is 0 Å². The van der Waals surface area contributed by atoms with E-state index in [9.17, 15) is 9.59 Å². The summed E-state index contributed by atoms with van der Waals surface area (Å²) in [6.07, 6.45) is 1.26. The van der Waals surface area contributed by atoms with E-state index in [0.717, 1.165) is 6.42 Å². The highest BCUT2D eigenvalue weighted by molar-refractivity contribution is 5.94. The standard InChI is InChI=1S/C12H18N2O3/c1-3-10(4-5-15)14-12(17)9-6-8(2)13-11(16)7-9/h6-7,10,15H,3-5H2,1-2H3,(H,13,16)(H,14,17). The molecule has 0 radical (unpaired) electrons. The number of carbonyl (C=O) groups is 1. The van der Waals surface area contributed by atoms with Crippen LogP contribution in [0.4, 0.5) is 0 Å². The van der Waals surface area contributed by atoms with Crippen molar-refractivity contribution >= 4 is 5.91 Å². The molecular formula is C12H18N2O3. The molecule has 0 aliphatic heterocycles. The van der Waals surface area contributed by atoms with E-state index in [1.54, 1.807) is 13.0 Å². The Bertz CT molecular complexity index is 440. The highest BCUT2D eigenvalue weighted by Crippen LogP contribution is 2.02. The lowest BCUT2D eigenvalue weighted by molar-refractivity contribution is 0.0929. The minimum atomic E-state index is -0.287. The van der Waals surface area contributed by atoms with E-state index in [1.807, 2.05) is 6.92 Å². The molecule has 5 heteroatoms. The Balaban J connectivity index is 2.78. The Hall–Kier alpha value is -1.62. The first kappa shape index (κ1) is 13.4. The average molecular weight is 238 g/mol. The van der Waals surface area contributed by atoms with Crippen LogP contribution in [-0.2, 0) is 0 Å². The van der Waals surface area contributed by atoms with Crippen molar-refractivity contribution < 1.29 is 9.90 Å². The van der Waals surface area contributed by atoms with E-state index in [4.69, 9.17) is 5.11 Å². The molecule has 1 aromatic rings. The van der Waals surface area contributed by atoms with Crippen molar-refractivity contribution in [3.05, 3.63) is 33.7 Å². The van der Waals surface area contributed by atoms with Gasteiger partial charge in [-0.05, 0) is 25.8 Å². The van der Waals surface area contributed by atoms with Gasteiger partial charge in [0.1, 0.15) is 0 Å². The van der Waals surface area contributed by atoms with E-state index in [1.165, 1.54) is 6.07 Å². The number of aryl methyl sites for hydroxylation is 1. The molecule has 1 heterocycles. The van der Waals surface area contributed by atoms with Crippen molar-refractivity contribution in [3.8, 4) is 0 Å². The lowest BCUT2D eigenvalue weighted by atomic mass is 10.1. The Morgan fingerprint density at radius 2 is 2.24 bits per heavy atom. The van der Waals surface area contributed by atoms with Crippen LogP contribution >= 0.6 is 0 Å². The van der Waals surface area contributed by atoms with Gasteiger partial charge in [0.2, 0.25) is 5.56 Å². The first-order valence-electron chi connectivity index (χ1n) is 5.69. The number of aliphatic hydroxyl groups is 1. The maximum absolute atomic E-state index is 11.8. The molecular weight excluding hydrogens is 220 g/mol. The molecule has 1 aromatic heterocycles. The normalized spacial score (nSPS) is 12.2. The number of nitrogens with one attached hydrogen (secondary N) is 2. The number of aliphatic hydroxyl groups excluding tert-OH is 1. The summed E-state index contributed by atoms with van der Waals surface area (Å²) in [6, 6.07) is 2.84. The predicted molar refractivity (Wildman–Crippen MR) is 65.0 cm³/mol. The molecule has 1 unspecified atom stereocenters. The molecule has 1 rings (SSSR count). The lowest BCUT2D eigenvalue weighted by Gasteiger charge is -2.15. The molecule has 94 valence electrons. The van der Waals surface area contributed by atoms with Crippen LogP contribution in [0.1, 0.15) is 35.8 Å². The second-order valence-electron chi connectivity index (χ2n) is 4.01. The van der Waals surface area contributed by atoms with Gasteiger partial charge in [-0.25, -0.2) is 0 Å². The number of H-pyrrole nitrogens is 1. The topological polar surface area (TPSA) is 82.2 Å². The summed E-state index contributed by atoms with van der Waals surface area (Å²) in [6.45, 7) is 3.69. The monoisotopic (exact) mass is 238 g/mol.